The molecule has 0 aliphatic heterocycles. The van der Waals surface area contributed by atoms with Gasteiger partial charge in [-0.1, -0.05) is 6.07 Å². The van der Waals surface area contributed by atoms with E-state index in [-0.39, 0.29) is 0 Å². The number of anilines is 5. The van der Waals surface area contributed by atoms with Gasteiger partial charge in [0.25, 0.3) is 0 Å². The summed E-state index contributed by atoms with van der Waals surface area (Å²) in [5.41, 5.74) is 1.32. The van der Waals surface area contributed by atoms with E-state index in [1.54, 1.807) is 58.4 Å². The highest BCUT2D eigenvalue weighted by atomic mass is 32.2. The Kier molecular flexibility index (Phi) is 9.20. The van der Waals surface area contributed by atoms with Crippen LogP contribution in [0, 0.1) is 0 Å². The summed E-state index contributed by atoms with van der Waals surface area (Å²) in [4.78, 5) is 21.4. The van der Waals surface area contributed by atoms with Crippen LogP contribution in [0.25, 0.3) is 0 Å². The molecular formula is C25H31N5O5S. The van der Waals surface area contributed by atoms with Gasteiger partial charge in [0.05, 0.1) is 28.5 Å². The van der Waals surface area contributed by atoms with Gasteiger partial charge in [0.2, 0.25) is 5.95 Å². The van der Waals surface area contributed by atoms with E-state index < -0.39 is 22.5 Å². The van der Waals surface area contributed by atoms with Crippen molar-refractivity contribution < 1.29 is 23.2 Å². The van der Waals surface area contributed by atoms with Crippen LogP contribution in [0.1, 0.15) is 20.8 Å². The lowest BCUT2D eigenvalue weighted by Crippen LogP contribution is -2.27. The van der Waals surface area contributed by atoms with Gasteiger partial charge < -0.3 is 24.8 Å². The second-order valence-corrected chi connectivity index (χ2v) is 10.0. The quantitative estimate of drug-likeness (QED) is 0.319. The van der Waals surface area contributed by atoms with Gasteiger partial charge in [0, 0.05) is 30.4 Å². The van der Waals surface area contributed by atoms with Crippen LogP contribution in [0.5, 0.6) is 5.75 Å². The summed E-state index contributed by atoms with van der Waals surface area (Å²) < 4.78 is 28.1. The van der Waals surface area contributed by atoms with Crippen LogP contribution in [0.3, 0.4) is 0 Å². The molecule has 0 aliphatic carbocycles. The summed E-state index contributed by atoms with van der Waals surface area (Å²) in [7, 11) is 0.288. The van der Waals surface area contributed by atoms with Crippen molar-refractivity contribution in [2.45, 2.75) is 31.3 Å². The Labute approximate surface area is 213 Å². The van der Waals surface area contributed by atoms with Crippen molar-refractivity contribution in [1.29, 1.82) is 0 Å². The zero-order valence-electron chi connectivity index (χ0n) is 21.0. The van der Waals surface area contributed by atoms with Gasteiger partial charge in [-0.3, -0.25) is 9.53 Å². The Balaban J connectivity index is 1.74. The molecule has 36 heavy (non-hydrogen) atoms. The number of hydrogen-bond donors (Lipinski definition) is 3. The highest BCUT2D eigenvalue weighted by molar-refractivity contribution is 7.84. The van der Waals surface area contributed by atoms with E-state index in [2.05, 4.69) is 25.9 Å². The predicted octanol–water partition coefficient (Wildman–Crippen LogP) is 5.07. The normalized spacial score (nSPS) is 11.9. The smallest absolute Gasteiger partial charge is 0.412 e. The molecule has 10 nitrogen and oxygen atoms in total. The third-order valence-corrected chi connectivity index (χ3v) is 5.42. The van der Waals surface area contributed by atoms with Crippen molar-refractivity contribution in [3.63, 3.8) is 0 Å². The number of nitrogens with one attached hydrogen (secondary N) is 3. The number of amides is 1. The lowest BCUT2D eigenvalue weighted by atomic mass is 10.2. The molecule has 3 rings (SSSR count). The van der Waals surface area contributed by atoms with E-state index in [4.69, 9.17) is 14.2 Å². The van der Waals surface area contributed by atoms with Gasteiger partial charge in [-0.05, 0) is 63.2 Å². The Bertz CT molecular complexity index is 1200. The van der Waals surface area contributed by atoms with Crippen LogP contribution in [0.4, 0.5) is 33.6 Å². The minimum absolute atomic E-state index is 0.322. The monoisotopic (exact) mass is 513 g/mol. The fourth-order valence-electron chi connectivity index (χ4n) is 2.97. The van der Waals surface area contributed by atoms with Crippen molar-refractivity contribution in [3.05, 3.63) is 54.7 Å². The molecule has 192 valence electrons. The molecule has 0 aliphatic rings. The number of nitrogens with zero attached hydrogens (tertiary/aromatic N) is 2. The molecule has 3 aromatic rings. The summed E-state index contributed by atoms with van der Waals surface area (Å²) in [6, 6.07) is 14.4. The van der Waals surface area contributed by atoms with Crippen LogP contribution in [0.2, 0.25) is 0 Å². The lowest BCUT2D eigenvalue weighted by molar-refractivity contribution is 0.0636. The van der Waals surface area contributed by atoms with Crippen molar-refractivity contribution >= 4 is 45.7 Å². The first-order valence-electron chi connectivity index (χ1n) is 11.2. The molecule has 11 heteroatoms. The maximum absolute atomic E-state index is 12.3. The third-order valence-electron chi connectivity index (χ3n) is 4.50. The van der Waals surface area contributed by atoms with Crippen LogP contribution >= 0.6 is 0 Å². The molecule has 0 saturated carbocycles. The van der Waals surface area contributed by atoms with E-state index >= 15 is 0 Å². The minimum Gasteiger partial charge on any atom is -0.491 e. The number of benzene rings is 2. The van der Waals surface area contributed by atoms with Crippen LogP contribution < -0.4 is 20.7 Å². The molecule has 1 atom stereocenters. The predicted molar refractivity (Wildman–Crippen MR) is 141 cm³/mol. The number of ether oxygens (including phenoxy) is 3. The zero-order valence-corrected chi connectivity index (χ0v) is 21.8. The third kappa shape index (κ3) is 8.51. The van der Waals surface area contributed by atoms with E-state index in [0.29, 0.717) is 41.3 Å². The van der Waals surface area contributed by atoms with Crippen molar-refractivity contribution in [2.75, 3.05) is 42.5 Å². The maximum Gasteiger partial charge on any atom is 0.412 e. The lowest BCUT2D eigenvalue weighted by Gasteiger charge is -2.20. The Morgan fingerprint density at radius 3 is 2.39 bits per heavy atom. The Morgan fingerprint density at radius 2 is 1.72 bits per heavy atom. The van der Waals surface area contributed by atoms with E-state index in [1.165, 1.54) is 6.20 Å². The van der Waals surface area contributed by atoms with Gasteiger partial charge in [0.1, 0.15) is 18.0 Å². The molecule has 0 radical (unpaired) electrons. The second kappa shape index (κ2) is 12.3. The van der Waals surface area contributed by atoms with Crippen molar-refractivity contribution in [3.8, 4) is 5.75 Å². The molecule has 3 N–H and O–H groups in total. The average molecular weight is 514 g/mol. The van der Waals surface area contributed by atoms with E-state index in [0.717, 1.165) is 11.4 Å². The molecule has 0 fully saturated rings. The van der Waals surface area contributed by atoms with E-state index in [9.17, 15) is 9.00 Å². The summed E-state index contributed by atoms with van der Waals surface area (Å²) in [5.74, 6) is 1.42. The van der Waals surface area contributed by atoms with Gasteiger partial charge in [-0.2, -0.15) is 4.98 Å². The highest BCUT2D eigenvalue weighted by Gasteiger charge is 2.17. The first-order valence-corrected chi connectivity index (χ1v) is 12.7. The molecule has 0 spiro atoms. The van der Waals surface area contributed by atoms with Crippen molar-refractivity contribution in [2.24, 2.45) is 0 Å². The van der Waals surface area contributed by atoms with Crippen LogP contribution in [0.15, 0.2) is 59.6 Å². The second-order valence-electron chi connectivity index (χ2n) is 8.68. The molecule has 1 aromatic heterocycles. The standard InChI is InChI=1S/C25H31N5O5S/c1-25(2,3)35-24(31)29-19-8-6-7-18(15-19)27-22-21(36(5)32)16-26-23(30-22)28-17-9-11-20(12-10-17)34-14-13-33-4/h6-12,15-16H,13-14H2,1-5H3,(H,29,31)(H2,26,27,28,30). The first kappa shape index (κ1) is 26.9. The Hall–Kier alpha value is -3.70. The van der Waals surface area contributed by atoms with Crippen molar-refractivity contribution in [1.82, 2.24) is 9.97 Å². The number of carbonyl (C=O) groups excluding carboxylic acids is 1. The minimum atomic E-state index is -1.33. The largest absolute Gasteiger partial charge is 0.491 e. The number of hydrogen-bond acceptors (Lipinski definition) is 9. The summed E-state index contributed by atoms with van der Waals surface area (Å²) in [5, 5.41) is 9.01. The molecule has 1 heterocycles. The summed E-state index contributed by atoms with van der Waals surface area (Å²) in [6.45, 7) is 6.36. The molecule has 0 saturated heterocycles. The average Bonchev–Trinajstić information content (AvgIpc) is 2.79. The summed E-state index contributed by atoms with van der Waals surface area (Å²) in [6.07, 6.45) is 2.51. The molecule has 1 unspecified atom stereocenters. The SMILES string of the molecule is COCCOc1ccc(Nc2ncc(S(C)=O)c(Nc3cccc(NC(=O)OC(C)(C)C)c3)n2)cc1. The van der Waals surface area contributed by atoms with Gasteiger partial charge in [-0.25, -0.2) is 9.78 Å². The Morgan fingerprint density at radius 1 is 1.00 bits per heavy atom. The highest BCUT2D eigenvalue weighted by Crippen LogP contribution is 2.26. The topological polar surface area (TPSA) is 124 Å². The van der Waals surface area contributed by atoms with Gasteiger partial charge in [0.15, 0.2) is 5.82 Å². The van der Waals surface area contributed by atoms with E-state index in [1.807, 2.05) is 24.3 Å². The van der Waals surface area contributed by atoms with Gasteiger partial charge >= 0.3 is 6.09 Å². The van der Waals surface area contributed by atoms with Crippen LogP contribution in [-0.4, -0.2) is 52.5 Å². The molecule has 1 amide bonds. The number of methoxy groups -OCH3 is 1. The molecule has 2 aromatic carbocycles. The summed E-state index contributed by atoms with van der Waals surface area (Å²) >= 11 is 0. The number of rotatable bonds is 10. The maximum atomic E-state index is 12.3. The van der Waals surface area contributed by atoms with Gasteiger partial charge in [-0.15, -0.1) is 0 Å². The zero-order chi connectivity index (χ0) is 26.1. The fraction of sp³-hybridized carbons (Fsp3) is 0.320. The fourth-order valence-corrected chi connectivity index (χ4v) is 3.54. The van der Waals surface area contributed by atoms with Crippen LogP contribution in [-0.2, 0) is 20.3 Å². The molecule has 0 bridgehead atoms. The molecular weight excluding hydrogens is 482 g/mol. The number of carbonyl (C=O) groups is 1. The number of aromatic nitrogens is 2. The first-order chi connectivity index (χ1) is 17.1.